The van der Waals surface area contributed by atoms with Gasteiger partial charge < -0.3 is 10.2 Å². The smallest absolute Gasteiger partial charge is 0.337 e. The summed E-state index contributed by atoms with van der Waals surface area (Å²) in [4.78, 5) is 25.3. The van der Waals surface area contributed by atoms with Crippen LogP contribution >= 0.6 is 15.9 Å². The van der Waals surface area contributed by atoms with Gasteiger partial charge in [0.05, 0.1) is 0 Å². The second-order valence-corrected chi connectivity index (χ2v) is 16.4. The third-order valence-electron chi connectivity index (χ3n) is 14.4. The Labute approximate surface area is 226 Å². The van der Waals surface area contributed by atoms with Crippen molar-refractivity contribution in [2.24, 2.45) is 62.6 Å². The van der Waals surface area contributed by atoms with Gasteiger partial charge in [-0.3, -0.25) is 4.79 Å². The van der Waals surface area contributed by atoms with Crippen molar-refractivity contribution in [2.45, 2.75) is 117 Å². The molecule has 5 rings (SSSR count). The van der Waals surface area contributed by atoms with Crippen LogP contribution in [0.2, 0.25) is 0 Å². The molecular formula is C31H49BrO4. The molecule has 5 heteroatoms. The van der Waals surface area contributed by atoms with E-state index in [4.69, 9.17) is 0 Å². The lowest BCUT2D eigenvalue weighted by Crippen LogP contribution is -2.78. The lowest BCUT2D eigenvalue weighted by atomic mass is 9.30. The van der Waals surface area contributed by atoms with E-state index in [1.807, 2.05) is 20.8 Å². The number of hydrogen-bond donors (Lipinski definition) is 2. The summed E-state index contributed by atoms with van der Waals surface area (Å²) in [6.45, 7) is 18.5. The minimum Gasteiger partial charge on any atom is -0.479 e. The minimum absolute atomic E-state index is 0.0548. The van der Waals surface area contributed by atoms with Crippen molar-refractivity contribution in [2.75, 3.05) is 0 Å². The molecule has 5 fully saturated rings. The molecule has 0 aromatic rings. The van der Waals surface area contributed by atoms with Crippen LogP contribution in [0.3, 0.4) is 0 Å². The van der Waals surface area contributed by atoms with Crippen molar-refractivity contribution < 1.29 is 19.8 Å². The van der Waals surface area contributed by atoms with Crippen LogP contribution in [0.25, 0.3) is 0 Å². The van der Waals surface area contributed by atoms with Crippen LogP contribution in [-0.4, -0.2) is 32.4 Å². The number of halogens is 1. The molecule has 0 spiro atoms. The monoisotopic (exact) mass is 564 g/mol. The summed E-state index contributed by atoms with van der Waals surface area (Å²) in [5, 5.41) is 22.7. The molecule has 2 N–H and O–H groups in total. The van der Waals surface area contributed by atoms with E-state index in [2.05, 4.69) is 50.5 Å². The third-order valence-corrected chi connectivity index (χ3v) is 15.5. The van der Waals surface area contributed by atoms with Gasteiger partial charge in [-0.15, -0.1) is 0 Å². The van der Waals surface area contributed by atoms with Crippen molar-refractivity contribution in [3.8, 4) is 0 Å². The Kier molecular flexibility index (Phi) is 5.91. The normalized spacial score (nSPS) is 58.2. The van der Waals surface area contributed by atoms with Crippen LogP contribution in [0, 0.1) is 62.6 Å². The number of hydrogen-bond acceptors (Lipinski definition) is 3. The molecular weight excluding hydrogens is 516 g/mol. The van der Waals surface area contributed by atoms with Gasteiger partial charge in [0.15, 0.2) is 11.4 Å². The topological polar surface area (TPSA) is 74.6 Å². The largest absolute Gasteiger partial charge is 0.479 e. The summed E-state index contributed by atoms with van der Waals surface area (Å²) in [5.74, 6) is 1.27. The highest BCUT2D eigenvalue weighted by atomic mass is 79.9. The summed E-state index contributed by atoms with van der Waals surface area (Å²) in [5.41, 5.74) is -3.25. The van der Waals surface area contributed by atoms with Gasteiger partial charge in [0.1, 0.15) is 4.83 Å². The highest BCUT2D eigenvalue weighted by molar-refractivity contribution is 9.10. The molecule has 36 heavy (non-hydrogen) atoms. The average molecular weight is 566 g/mol. The number of aliphatic carboxylic acids is 1. The Balaban J connectivity index is 1.65. The van der Waals surface area contributed by atoms with Gasteiger partial charge >= 0.3 is 5.97 Å². The van der Waals surface area contributed by atoms with Crippen molar-refractivity contribution >= 4 is 27.7 Å². The molecule has 0 aromatic heterocycles. The first-order valence-corrected chi connectivity index (χ1v) is 15.5. The molecule has 0 aliphatic heterocycles. The molecule has 4 nitrogen and oxygen atoms in total. The fourth-order valence-corrected chi connectivity index (χ4v) is 13.1. The van der Waals surface area contributed by atoms with Gasteiger partial charge in [0.2, 0.25) is 0 Å². The zero-order valence-corrected chi connectivity index (χ0v) is 25.4. The molecule has 12 atom stereocenters. The maximum absolute atomic E-state index is 13.5. The van der Waals surface area contributed by atoms with Gasteiger partial charge in [0.25, 0.3) is 0 Å². The lowest BCUT2D eigenvalue weighted by Gasteiger charge is -2.75. The molecule has 0 radical (unpaired) electrons. The maximum atomic E-state index is 13.5. The number of rotatable bonds is 1. The first-order valence-electron chi connectivity index (χ1n) is 14.6. The summed E-state index contributed by atoms with van der Waals surface area (Å²) < 4.78 is 0. The third kappa shape index (κ3) is 2.86. The first kappa shape index (κ1) is 27.2. The van der Waals surface area contributed by atoms with E-state index >= 15 is 0 Å². The second-order valence-electron chi connectivity index (χ2n) is 15.5. The number of fused-ring (bicyclic) bond motifs is 7. The van der Waals surface area contributed by atoms with Crippen LogP contribution in [0.5, 0.6) is 0 Å². The number of Topliss-reactive ketones (excluding diaryl/α,β-unsaturated/α-hetero) is 1. The standard InChI is InChI=1S/C31H49BrO4/c1-17-11-13-27(5)15-16-28(6)19(22(27)18(17)2)9-10-21-29(28,7)14-12-20-26(3,4)24(33)23(32)31(36,25(34)35)30(20,21)8/h17-23,36H,9-16H2,1-8H3,(H,34,35)/t17-,18+,19-,20+,21+,22+,23?,27-,28-,29-,30+,31?/m1/s1. The van der Waals surface area contributed by atoms with Gasteiger partial charge in [-0.05, 0) is 103 Å². The van der Waals surface area contributed by atoms with Crippen LogP contribution in [0.4, 0.5) is 0 Å². The predicted molar refractivity (Wildman–Crippen MR) is 146 cm³/mol. The number of aliphatic hydroxyl groups is 1. The fraction of sp³-hybridized carbons (Fsp3) is 0.935. The summed E-state index contributed by atoms with van der Waals surface area (Å²) in [6, 6.07) is 0. The Morgan fingerprint density at radius 3 is 2.11 bits per heavy atom. The molecule has 0 heterocycles. The molecule has 204 valence electrons. The van der Waals surface area contributed by atoms with Gasteiger partial charge in [-0.25, -0.2) is 4.79 Å². The number of carboxylic acid groups (broad SMARTS) is 1. The van der Waals surface area contributed by atoms with Gasteiger partial charge in [-0.2, -0.15) is 0 Å². The van der Waals surface area contributed by atoms with E-state index in [0.717, 1.165) is 31.6 Å². The molecule has 5 aliphatic carbocycles. The van der Waals surface area contributed by atoms with Crippen LogP contribution in [0.15, 0.2) is 0 Å². The van der Waals surface area contributed by atoms with E-state index in [0.29, 0.717) is 23.2 Å². The minimum atomic E-state index is -2.12. The molecule has 0 aromatic carbocycles. The van der Waals surface area contributed by atoms with E-state index < -0.39 is 27.2 Å². The van der Waals surface area contributed by atoms with Crippen molar-refractivity contribution in [3.63, 3.8) is 0 Å². The highest BCUT2D eigenvalue weighted by Crippen LogP contribution is 2.78. The van der Waals surface area contributed by atoms with E-state index in [9.17, 15) is 19.8 Å². The number of carbonyl (C=O) groups is 2. The number of carbonyl (C=O) groups excluding carboxylic acids is 1. The molecule has 5 saturated carbocycles. The van der Waals surface area contributed by atoms with Gasteiger partial charge in [-0.1, -0.05) is 71.3 Å². The predicted octanol–water partition coefficient (Wildman–Crippen LogP) is 7.11. The van der Waals surface area contributed by atoms with Crippen LogP contribution in [-0.2, 0) is 9.59 Å². The first-order chi connectivity index (χ1) is 16.4. The van der Waals surface area contributed by atoms with Crippen molar-refractivity contribution in [1.29, 1.82) is 0 Å². The van der Waals surface area contributed by atoms with E-state index in [1.165, 1.54) is 25.7 Å². The van der Waals surface area contributed by atoms with Gasteiger partial charge in [0, 0.05) is 10.8 Å². The van der Waals surface area contributed by atoms with Crippen LogP contribution < -0.4 is 0 Å². The SMILES string of the molecule is C[C@@H]1[C@H]2[C@H]3CC[C@@H]4[C@]5(C)[C@@H](CC[C@@]4(C)[C@]3(C)CC[C@@]2(C)CC[C@H]1C)C(C)(C)C(=O)C(Br)C5(O)C(=O)O. The maximum Gasteiger partial charge on any atom is 0.337 e. The van der Waals surface area contributed by atoms with Crippen molar-refractivity contribution in [3.05, 3.63) is 0 Å². The highest BCUT2D eigenvalue weighted by Gasteiger charge is 2.78. The molecule has 0 saturated heterocycles. The second kappa shape index (κ2) is 7.83. The lowest BCUT2D eigenvalue weighted by molar-refractivity contribution is -0.282. The zero-order chi connectivity index (χ0) is 26.9. The fourth-order valence-electron chi connectivity index (χ4n) is 11.9. The Morgan fingerprint density at radius 2 is 1.50 bits per heavy atom. The molecule has 0 amide bonds. The van der Waals surface area contributed by atoms with Crippen LogP contribution in [0.1, 0.15) is 107 Å². The molecule has 0 bridgehead atoms. The number of alkyl halides is 1. The van der Waals surface area contributed by atoms with Crippen molar-refractivity contribution in [1.82, 2.24) is 0 Å². The Bertz CT molecular complexity index is 978. The zero-order valence-electron chi connectivity index (χ0n) is 23.8. The summed E-state index contributed by atoms with van der Waals surface area (Å²) >= 11 is 3.45. The van der Waals surface area contributed by atoms with E-state index in [-0.39, 0.29) is 28.4 Å². The summed E-state index contributed by atoms with van der Waals surface area (Å²) in [6.07, 6.45) is 8.95. The Morgan fingerprint density at radius 1 is 0.861 bits per heavy atom. The molecule has 5 aliphatic rings. The molecule has 2 unspecified atom stereocenters. The quantitative estimate of drug-likeness (QED) is 0.332. The average Bonchev–Trinajstić information content (AvgIpc) is 2.80. The Hall–Kier alpha value is -0.420. The number of ketones is 1. The van der Waals surface area contributed by atoms with E-state index in [1.54, 1.807) is 0 Å². The summed E-state index contributed by atoms with van der Waals surface area (Å²) in [7, 11) is 0. The number of carboxylic acids is 1.